The van der Waals surface area contributed by atoms with Crippen LogP contribution in [0, 0.1) is 5.92 Å². The Labute approximate surface area is 186 Å². The van der Waals surface area contributed by atoms with Gasteiger partial charge >= 0.3 is 0 Å². The summed E-state index contributed by atoms with van der Waals surface area (Å²) < 4.78 is 28.8. The Bertz CT molecular complexity index is 1120. The van der Waals surface area contributed by atoms with Gasteiger partial charge < -0.3 is 15.4 Å². The van der Waals surface area contributed by atoms with Crippen molar-refractivity contribution in [3.8, 4) is 5.75 Å². The number of nitrogens with one attached hydrogen (secondary N) is 2. The number of amides is 2. The van der Waals surface area contributed by atoms with Crippen LogP contribution in [0.4, 0.5) is 5.00 Å². The van der Waals surface area contributed by atoms with Crippen molar-refractivity contribution in [2.24, 2.45) is 5.92 Å². The van der Waals surface area contributed by atoms with Crippen molar-refractivity contribution in [1.82, 2.24) is 5.32 Å². The Balaban J connectivity index is 1.62. The van der Waals surface area contributed by atoms with Gasteiger partial charge in [0.2, 0.25) is 0 Å². The molecular formula is C22H26N2O5S2. The van der Waals surface area contributed by atoms with Gasteiger partial charge in [-0.25, -0.2) is 8.42 Å². The molecule has 0 spiro atoms. The minimum atomic E-state index is -3.10. The van der Waals surface area contributed by atoms with E-state index in [1.165, 1.54) is 18.4 Å². The smallest absolute Gasteiger partial charge is 0.256 e. The van der Waals surface area contributed by atoms with Gasteiger partial charge in [-0.1, -0.05) is 13.0 Å². The first-order valence-electron chi connectivity index (χ1n) is 10.4. The van der Waals surface area contributed by atoms with Gasteiger partial charge in [-0.2, -0.15) is 0 Å². The van der Waals surface area contributed by atoms with Gasteiger partial charge in [0, 0.05) is 16.5 Å². The zero-order chi connectivity index (χ0) is 22.2. The van der Waals surface area contributed by atoms with E-state index in [4.69, 9.17) is 4.74 Å². The Morgan fingerprint density at radius 3 is 2.71 bits per heavy atom. The quantitative estimate of drug-likeness (QED) is 0.711. The lowest BCUT2D eigenvalue weighted by atomic mass is 9.88. The molecule has 1 aliphatic heterocycles. The van der Waals surface area contributed by atoms with E-state index in [1.807, 2.05) is 0 Å². The van der Waals surface area contributed by atoms with Crippen LogP contribution in [0.1, 0.15) is 50.9 Å². The first-order chi connectivity index (χ1) is 14.8. The summed E-state index contributed by atoms with van der Waals surface area (Å²) in [5, 5.41) is 6.32. The number of anilines is 1. The summed E-state index contributed by atoms with van der Waals surface area (Å²) in [6, 6.07) is 6.45. The molecule has 0 saturated carbocycles. The first-order valence-corrected chi connectivity index (χ1v) is 13.0. The maximum atomic E-state index is 13.2. The molecule has 7 nitrogen and oxygen atoms in total. The lowest BCUT2D eigenvalue weighted by Gasteiger charge is -2.19. The van der Waals surface area contributed by atoms with Crippen LogP contribution in [0.3, 0.4) is 0 Å². The number of fused-ring (bicyclic) bond motifs is 1. The van der Waals surface area contributed by atoms with Gasteiger partial charge in [0.25, 0.3) is 11.8 Å². The van der Waals surface area contributed by atoms with E-state index in [0.717, 1.165) is 29.7 Å². The van der Waals surface area contributed by atoms with Crippen molar-refractivity contribution in [1.29, 1.82) is 0 Å². The van der Waals surface area contributed by atoms with Crippen LogP contribution < -0.4 is 15.4 Å². The number of rotatable bonds is 5. The minimum absolute atomic E-state index is 0.0341. The first kappa shape index (κ1) is 21.8. The van der Waals surface area contributed by atoms with Crippen LogP contribution in [-0.2, 0) is 22.7 Å². The Kier molecular flexibility index (Phi) is 6.07. The lowest BCUT2D eigenvalue weighted by molar-refractivity contribution is 0.0941. The third-order valence-corrected chi connectivity index (χ3v) is 8.80. The number of carbonyl (C=O) groups excluding carboxylic acids is 2. The minimum Gasteiger partial charge on any atom is -0.497 e. The Morgan fingerprint density at radius 1 is 1.19 bits per heavy atom. The third-order valence-electron chi connectivity index (χ3n) is 5.87. The van der Waals surface area contributed by atoms with Crippen molar-refractivity contribution in [3.05, 3.63) is 45.8 Å². The average molecular weight is 463 g/mol. The van der Waals surface area contributed by atoms with Gasteiger partial charge in [0.05, 0.1) is 24.2 Å². The summed E-state index contributed by atoms with van der Waals surface area (Å²) in [4.78, 5) is 27.2. The molecule has 2 amide bonds. The molecule has 1 saturated heterocycles. The second-order valence-electron chi connectivity index (χ2n) is 8.32. The third kappa shape index (κ3) is 4.77. The summed E-state index contributed by atoms with van der Waals surface area (Å²) in [6.07, 6.45) is 3.04. The van der Waals surface area contributed by atoms with Gasteiger partial charge in [0.1, 0.15) is 10.8 Å². The predicted molar refractivity (Wildman–Crippen MR) is 121 cm³/mol. The molecule has 0 radical (unpaired) electrons. The highest BCUT2D eigenvalue weighted by Crippen LogP contribution is 2.40. The van der Waals surface area contributed by atoms with Crippen molar-refractivity contribution >= 4 is 38.0 Å². The standard InChI is InChI=1S/C22H26N2O5S2/c1-13-6-7-17-18(10-13)30-22(24-20(25)14-4-3-5-16(11-14)29-2)19(17)21(26)23-15-8-9-31(27,28)12-15/h3-5,11,13,15H,6-10,12H2,1-2H3,(H,23,26)(H,24,25)/t13-,15-/m0/s1. The number of benzene rings is 1. The fourth-order valence-electron chi connectivity index (χ4n) is 4.19. The summed E-state index contributed by atoms with van der Waals surface area (Å²) >= 11 is 1.44. The molecule has 1 aromatic carbocycles. The fraction of sp³-hybridized carbons (Fsp3) is 0.455. The molecule has 2 aliphatic rings. The number of hydrogen-bond donors (Lipinski definition) is 2. The summed E-state index contributed by atoms with van der Waals surface area (Å²) in [6.45, 7) is 2.18. The largest absolute Gasteiger partial charge is 0.497 e. The van der Waals surface area contributed by atoms with E-state index in [2.05, 4.69) is 17.6 Å². The molecule has 0 bridgehead atoms. The number of thiophene rings is 1. The monoisotopic (exact) mass is 462 g/mol. The van der Waals surface area contributed by atoms with Crippen molar-refractivity contribution in [2.45, 2.75) is 38.6 Å². The van der Waals surface area contributed by atoms with Crippen LogP contribution in [0.5, 0.6) is 5.75 Å². The summed E-state index contributed by atoms with van der Waals surface area (Å²) in [5.41, 5.74) is 1.89. The highest BCUT2D eigenvalue weighted by molar-refractivity contribution is 7.91. The van der Waals surface area contributed by atoms with Crippen molar-refractivity contribution < 1.29 is 22.7 Å². The lowest BCUT2D eigenvalue weighted by Crippen LogP contribution is -2.36. The normalized spacial score (nSPS) is 21.9. The molecule has 2 atom stereocenters. The molecule has 4 rings (SSSR count). The summed E-state index contributed by atoms with van der Waals surface area (Å²) in [7, 11) is -1.56. The molecular weight excluding hydrogens is 436 g/mol. The van der Waals surface area contributed by atoms with Gasteiger partial charge in [-0.05, 0) is 55.4 Å². The highest BCUT2D eigenvalue weighted by atomic mass is 32.2. The maximum Gasteiger partial charge on any atom is 0.256 e. The average Bonchev–Trinajstić information content (AvgIpc) is 3.26. The van der Waals surface area contributed by atoms with Crippen molar-refractivity contribution in [3.63, 3.8) is 0 Å². The molecule has 2 N–H and O–H groups in total. The highest BCUT2D eigenvalue weighted by Gasteiger charge is 2.33. The van der Waals surface area contributed by atoms with Gasteiger partial charge in [-0.3, -0.25) is 9.59 Å². The maximum absolute atomic E-state index is 13.2. The second-order valence-corrected chi connectivity index (χ2v) is 11.6. The van der Waals surface area contributed by atoms with Gasteiger partial charge in [0.15, 0.2) is 9.84 Å². The van der Waals surface area contributed by atoms with E-state index in [1.54, 1.807) is 24.3 Å². The SMILES string of the molecule is COc1cccc(C(=O)Nc2sc3c(c2C(=O)N[C@H]2CCS(=O)(=O)C2)CC[C@H](C)C3)c1. The molecule has 1 aromatic heterocycles. The van der Waals surface area contributed by atoms with E-state index >= 15 is 0 Å². The van der Waals surface area contributed by atoms with Crippen LogP contribution >= 0.6 is 11.3 Å². The fourth-order valence-corrected chi connectivity index (χ4v) is 7.26. The molecule has 166 valence electrons. The van der Waals surface area contributed by atoms with Crippen LogP contribution in [0.15, 0.2) is 24.3 Å². The molecule has 1 aliphatic carbocycles. The molecule has 0 unspecified atom stereocenters. The van der Waals surface area contributed by atoms with Crippen LogP contribution in [0.2, 0.25) is 0 Å². The number of hydrogen-bond acceptors (Lipinski definition) is 6. The zero-order valence-electron chi connectivity index (χ0n) is 17.6. The molecule has 9 heteroatoms. The summed E-state index contributed by atoms with van der Waals surface area (Å²) in [5.74, 6) is 0.527. The van der Waals surface area contributed by atoms with E-state index in [-0.39, 0.29) is 23.3 Å². The number of sulfone groups is 1. The van der Waals surface area contributed by atoms with Crippen molar-refractivity contribution in [2.75, 3.05) is 23.9 Å². The van der Waals surface area contributed by atoms with Crippen LogP contribution in [0.25, 0.3) is 0 Å². The number of methoxy groups -OCH3 is 1. The van der Waals surface area contributed by atoms with Gasteiger partial charge in [-0.15, -0.1) is 11.3 Å². The predicted octanol–water partition coefficient (Wildman–Crippen LogP) is 3.05. The van der Waals surface area contributed by atoms with E-state index in [9.17, 15) is 18.0 Å². The van der Waals surface area contributed by atoms with E-state index < -0.39 is 15.9 Å². The topological polar surface area (TPSA) is 102 Å². The second kappa shape index (κ2) is 8.63. The molecule has 2 heterocycles. The van der Waals surface area contributed by atoms with E-state index in [0.29, 0.717) is 34.2 Å². The van der Waals surface area contributed by atoms with Crippen LogP contribution in [-0.4, -0.2) is 44.9 Å². The molecule has 2 aromatic rings. The number of carbonyl (C=O) groups is 2. The number of ether oxygens (including phenoxy) is 1. The Hall–Kier alpha value is -2.39. The molecule has 1 fully saturated rings. The zero-order valence-corrected chi connectivity index (χ0v) is 19.2. The Morgan fingerprint density at radius 2 is 2.00 bits per heavy atom. The molecule has 31 heavy (non-hydrogen) atoms.